The molecule has 1 aromatic heterocycles. The summed E-state index contributed by atoms with van der Waals surface area (Å²) in [6.07, 6.45) is 0.822. The number of aryl methyl sites for hydroxylation is 2. The van der Waals surface area contributed by atoms with Gasteiger partial charge in [0, 0.05) is 11.6 Å². The fourth-order valence-corrected chi connectivity index (χ4v) is 2.71. The van der Waals surface area contributed by atoms with Crippen LogP contribution < -0.4 is 10.5 Å². The minimum atomic E-state index is -0.0725. The third-order valence-corrected chi connectivity index (χ3v) is 4.03. The Kier molecular flexibility index (Phi) is 4.61. The van der Waals surface area contributed by atoms with E-state index < -0.39 is 0 Å². The zero-order chi connectivity index (χ0) is 13.8. The molecule has 1 aromatic carbocycles. The first-order valence-electron chi connectivity index (χ1n) is 6.63. The Morgan fingerprint density at radius 3 is 2.68 bits per heavy atom. The van der Waals surface area contributed by atoms with Crippen molar-refractivity contribution in [2.45, 2.75) is 39.3 Å². The molecule has 2 atom stereocenters. The normalized spacial score (nSPS) is 14.1. The average Bonchev–Trinajstić information content (AvgIpc) is 2.92. The summed E-state index contributed by atoms with van der Waals surface area (Å²) in [5, 5.41) is 4.18. The molecule has 0 bridgehead atoms. The highest BCUT2D eigenvalue weighted by Crippen LogP contribution is 2.29. The van der Waals surface area contributed by atoms with Gasteiger partial charge in [0.1, 0.15) is 11.9 Å². The molecule has 3 heteroatoms. The van der Waals surface area contributed by atoms with Crippen LogP contribution in [0.25, 0.3) is 0 Å². The lowest BCUT2D eigenvalue weighted by atomic mass is 10.0. The lowest BCUT2D eigenvalue weighted by Gasteiger charge is -2.25. The Morgan fingerprint density at radius 2 is 2.05 bits per heavy atom. The van der Waals surface area contributed by atoms with Crippen LogP contribution in [0, 0.1) is 13.8 Å². The summed E-state index contributed by atoms with van der Waals surface area (Å²) in [4.78, 5) is 0. The van der Waals surface area contributed by atoms with Crippen LogP contribution in [0.5, 0.6) is 5.75 Å². The first-order valence-corrected chi connectivity index (χ1v) is 7.57. The quantitative estimate of drug-likeness (QED) is 0.886. The third-order valence-electron chi connectivity index (χ3n) is 3.33. The summed E-state index contributed by atoms with van der Waals surface area (Å²) >= 11 is 1.68. The van der Waals surface area contributed by atoms with Gasteiger partial charge in [-0.25, -0.2) is 0 Å². The number of hydrogen-bond donors (Lipinski definition) is 1. The highest BCUT2D eigenvalue weighted by molar-refractivity contribution is 7.07. The molecule has 19 heavy (non-hydrogen) atoms. The minimum absolute atomic E-state index is 0.00881. The Hall–Kier alpha value is -1.32. The maximum absolute atomic E-state index is 6.22. The van der Waals surface area contributed by atoms with Gasteiger partial charge < -0.3 is 10.5 Å². The first kappa shape index (κ1) is 14.1. The predicted molar refractivity (Wildman–Crippen MR) is 81.9 cm³/mol. The van der Waals surface area contributed by atoms with E-state index in [1.54, 1.807) is 11.3 Å². The SMILES string of the molecule is CCC(N)C(Oc1cc(C)ccc1C)c1ccsc1. The van der Waals surface area contributed by atoms with E-state index in [2.05, 4.69) is 55.8 Å². The first-order chi connectivity index (χ1) is 9.11. The Balaban J connectivity index is 2.28. The monoisotopic (exact) mass is 275 g/mol. The molecular formula is C16H21NOS. The molecule has 1 heterocycles. The van der Waals surface area contributed by atoms with E-state index in [4.69, 9.17) is 10.5 Å². The van der Waals surface area contributed by atoms with E-state index in [1.165, 1.54) is 11.1 Å². The predicted octanol–water partition coefficient (Wildman–Crippen LogP) is 4.22. The van der Waals surface area contributed by atoms with Gasteiger partial charge in [0.25, 0.3) is 0 Å². The zero-order valence-corrected chi connectivity index (χ0v) is 12.5. The smallest absolute Gasteiger partial charge is 0.140 e. The van der Waals surface area contributed by atoms with Crippen molar-refractivity contribution in [2.24, 2.45) is 5.73 Å². The van der Waals surface area contributed by atoms with Crippen molar-refractivity contribution in [3.05, 3.63) is 51.7 Å². The van der Waals surface area contributed by atoms with Gasteiger partial charge in [0.15, 0.2) is 0 Å². The Morgan fingerprint density at radius 1 is 1.26 bits per heavy atom. The van der Waals surface area contributed by atoms with Crippen LogP contribution >= 0.6 is 11.3 Å². The van der Waals surface area contributed by atoms with E-state index >= 15 is 0 Å². The largest absolute Gasteiger partial charge is 0.484 e. The van der Waals surface area contributed by atoms with Crippen LogP contribution in [0.15, 0.2) is 35.0 Å². The van der Waals surface area contributed by atoms with Crippen molar-refractivity contribution in [1.29, 1.82) is 0 Å². The molecule has 2 aromatic rings. The second-order valence-corrected chi connectivity index (χ2v) is 5.72. The van der Waals surface area contributed by atoms with Crippen molar-refractivity contribution < 1.29 is 4.74 Å². The second-order valence-electron chi connectivity index (χ2n) is 4.94. The molecule has 2 nitrogen and oxygen atoms in total. The molecule has 2 N–H and O–H groups in total. The molecule has 0 saturated carbocycles. The lowest BCUT2D eigenvalue weighted by Crippen LogP contribution is -2.31. The maximum Gasteiger partial charge on any atom is 0.140 e. The van der Waals surface area contributed by atoms with E-state index in [-0.39, 0.29) is 12.1 Å². The van der Waals surface area contributed by atoms with Gasteiger partial charge >= 0.3 is 0 Å². The fourth-order valence-electron chi connectivity index (χ4n) is 2.02. The molecule has 2 rings (SSSR count). The molecule has 0 saturated heterocycles. The van der Waals surface area contributed by atoms with Gasteiger partial charge in [-0.15, -0.1) is 0 Å². The molecule has 0 fully saturated rings. The van der Waals surface area contributed by atoms with E-state index in [0.29, 0.717) is 0 Å². The third kappa shape index (κ3) is 3.37. The molecule has 102 valence electrons. The minimum Gasteiger partial charge on any atom is -0.484 e. The zero-order valence-electron chi connectivity index (χ0n) is 11.7. The number of benzene rings is 1. The maximum atomic E-state index is 6.22. The second kappa shape index (κ2) is 6.22. The molecular weight excluding hydrogens is 254 g/mol. The Labute approximate surface area is 119 Å². The molecule has 2 unspecified atom stereocenters. The van der Waals surface area contributed by atoms with Gasteiger partial charge in [0.05, 0.1) is 0 Å². The highest BCUT2D eigenvalue weighted by Gasteiger charge is 2.21. The van der Waals surface area contributed by atoms with Gasteiger partial charge in [-0.2, -0.15) is 11.3 Å². The average molecular weight is 275 g/mol. The summed E-state index contributed by atoms with van der Waals surface area (Å²) in [7, 11) is 0. The molecule has 0 aliphatic carbocycles. The van der Waals surface area contributed by atoms with Gasteiger partial charge in [-0.1, -0.05) is 19.1 Å². The Bertz CT molecular complexity index is 522. The summed E-state index contributed by atoms with van der Waals surface area (Å²) in [6, 6.07) is 8.37. The molecule has 0 spiro atoms. The van der Waals surface area contributed by atoms with Crippen LogP contribution in [-0.4, -0.2) is 6.04 Å². The van der Waals surface area contributed by atoms with Crippen LogP contribution in [0.3, 0.4) is 0 Å². The standard InChI is InChI=1S/C16H21NOS/c1-4-14(17)16(13-7-8-19-10-13)18-15-9-11(2)5-6-12(15)3/h5-10,14,16H,4,17H2,1-3H3. The van der Waals surface area contributed by atoms with Gasteiger partial charge in [0.2, 0.25) is 0 Å². The van der Waals surface area contributed by atoms with Gasteiger partial charge in [-0.05, 0) is 54.3 Å². The van der Waals surface area contributed by atoms with Crippen LogP contribution in [0.4, 0.5) is 0 Å². The topological polar surface area (TPSA) is 35.2 Å². The molecule has 0 aliphatic rings. The number of rotatable bonds is 5. The van der Waals surface area contributed by atoms with Crippen molar-refractivity contribution in [1.82, 2.24) is 0 Å². The summed E-state index contributed by atoms with van der Waals surface area (Å²) in [5.74, 6) is 0.931. The van der Waals surface area contributed by atoms with Crippen molar-refractivity contribution in [3.63, 3.8) is 0 Å². The van der Waals surface area contributed by atoms with E-state index in [9.17, 15) is 0 Å². The van der Waals surface area contributed by atoms with Crippen LogP contribution in [0.1, 0.15) is 36.1 Å². The summed E-state index contributed by atoms with van der Waals surface area (Å²) in [6.45, 7) is 6.24. The van der Waals surface area contributed by atoms with E-state index in [1.807, 2.05) is 0 Å². The molecule has 0 aliphatic heterocycles. The highest BCUT2D eigenvalue weighted by atomic mass is 32.1. The summed E-state index contributed by atoms with van der Waals surface area (Å²) < 4.78 is 6.20. The van der Waals surface area contributed by atoms with Gasteiger partial charge in [-0.3, -0.25) is 0 Å². The number of ether oxygens (including phenoxy) is 1. The summed E-state index contributed by atoms with van der Waals surface area (Å²) in [5.41, 5.74) is 9.74. The van der Waals surface area contributed by atoms with Crippen LogP contribution in [-0.2, 0) is 0 Å². The van der Waals surface area contributed by atoms with Crippen molar-refractivity contribution >= 4 is 11.3 Å². The van der Waals surface area contributed by atoms with Crippen molar-refractivity contribution in [2.75, 3.05) is 0 Å². The number of hydrogen-bond acceptors (Lipinski definition) is 3. The van der Waals surface area contributed by atoms with Crippen molar-refractivity contribution in [3.8, 4) is 5.75 Å². The van der Waals surface area contributed by atoms with E-state index in [0.717, 1.165) is 17.7 Å². The fraction of sp³-hybridized carbons (Fsp3) is 0.375. The van der Waals surface area contributed by atoms with Crippen LogP contribution in [0.2, 0.25) is 0 Å². The lowest BCUT2D eigenvalue weighted by molar-refractivity contribution is 0.170. The number of thiophene rings is 1. The molecule has 0 radical (unpaired) electrons. The molecule has 0 amide bonds. The number of nitrogens with two attached hydrogens (primary N) is 1.